The highest BCUT2D eigenvalue weighted by atomic mass is 16.5. The van der Waals surface area contributed by atoms with Gasteiger partial charge in [0.25, 0.3) is 5.91 Å². The summed E-state index contributed by atoms with van der Waals surface area (Å²) in [4.78, 5) is 12.3. The maximum Gasteiger partial charge on any atom is 0.268 e. The molecule has 2 fully saturated rings. The maximum atomic E-state index is 12.3. The smallest absolute Gasteiger partial charge is 0.268 e. The molecule has 2 atom stereocenters. The third-order valence-electron chi connectivity index (χ3n) is 3.92. The average Bonchev–Trinajstić information content (AvgIpc) is 2.91. The van der Waals surface area contributed by atoms with E-state index in [1.807, 2.05) is 17.7 Å². The van der Waals surface area contributed by atoms with Gasteiger partial charge in [0.05, 0.1) is 17.8 Å². The van der Waals surface area contributed by atoms with Gasteiger partial charge in [0, 0.05) is 18.8 Å². The fraction of sp³-hybridized carbons (Fsp3) is 0.643. The molecule has 1 saturated heterocycles. The van der Waals surface area contributed by atoms with Gasteiger partial charge in [-0.1, -0.05) is 0 Å². The molecule has 1 aliphatic carbocycles. The fourth-order valence-electron chi connectivity index (χ4n) is 2.71. The zero-order chi connectivity index (χ0) is 13.4. The van der Waals surface area contributed by atoms with Crippen LogP contribution in [0.25, 0.3) is 0 Å². The first-order valence-electron chi connectivity index (χ1n) is 7.05. The van der Waals surface area contributed by atoms with Gasteiger partial charge in [-0.15, -0.1) is 0 Å². The van der Waals surface area contributed by atoms with Crippen LogP contribution in [0.5, 0.6) is 0 Å². The topological polar surface area (TPSA) is 69.3 Å². The SMILES string of the molecule is CC(NC(=O)c1cc(N)cn1C1CC1)C1CCCO1. The van der Waals surface area contributed by atoms with Crippen molar-refractivity contribution in [1.82, 2.24) is 9.88 Å². The Morgan fingerprint density at radius 2 is 2.32 bits per heavy atom. The molecule has 0 bridgehead atoms. The van der Waals surface area contributed by atoms with E-state index in [2.05, 4.69) is 5.32 Å². The first-order chi connectivity index (χ1) is 9.15. The molecule has 19 heavy (non-hydrogen) atoms. The normalized spacial score (nSPS) is 24.4. The highest BCUT2D eigenvalue weighted by Gasteiger charge is 2.29. The number of nitrogens with zero attached hydrogens (tertiary/aromatic N) is 1. The van der Waals surface area contributed by atoms with Crippen LogP contribution in [0.3, 0.4) is 0 Å². The zero-order valence-corrected chi connectivity index (χ0v) is 11.3. The van der Waals surface area contributed by atoms with Crippen LogP contribution in [0.4, 0.5) is 5.69 Å². The molecule has 2 heterocycles. The molecule has 104 valence electrons. The Labute approximate surface area is 113 Å². The zero-order valence-electron chi connectivity index (χ0n) is 11.3. The van der Waals surface area contributed by atoms with Gasteiger partial charge in [0.2, 0.25) is 0 Å². The molecule has 0 radical (unpaired) electrons. The average molecular weight is 263 g/mol. The third-order valence-corrected chi connectivity index (χ3v) is 3.92. The summed E-state index contributed by atoms with van der Waals surface area (Å²) in [5, 5.41) is 3.03. The number of nitrogens with one attached hydrogen (secondary N) is 1. The van der Waals surface area contributed by atoms with Crippen molar-refractivity contribution in [2.45, 2.75) is 50.8 Å². The van der Waals surface area contributed by atoms with Gasteiger partial charge in [-0.05, 0) is 38.7 Å². The Morgan fingerprint density at radius 3 is 2.95 bits per heavy atom. The minimum Gasteiger partial charge on any atom is -0.397 e. The van der Waals surface area contributed by atoms with E-state index in [-0.39, 0.29) is 18.1 Å². The second-order valence-electron chi connectivity index (χ2n) is 5.61. The second kappa shape index (κ2) is 4.89. The molecule has 2 unspecified atom stereocenters. The largest absolute Gasteiger partial charge is 0.397 e. The molecule has 3 N–H and O–H groups in total. The van der Waals surface area contributed by atoms with E-state index in [9.17, 15) is 4.79 Å². The minimum atomic E-state index is -0.0494. The van der Waals surface area contributed by atoms with E-state index >= 15 is 0 Å². The van der Waals surface area contributed by atoms with Crippen molar-refractivity contribution >= 4 is 11.6 Å². The van der Waals surface area contributed by atoms with Crippen molar-refractivity contribution in [2.75, 3.05) is 12.3 Å². The van der Waals surface area contributed by atoms with E-state index in [0.717, 1.165) is 32.3 Å². The second-order valence-corrected chi connectivity index (χ2v) is 5.61. The first kappa shape index (κ1) is 12.5. The molecule has 1 amide bonds. The maximum absolute atomic E-state index is 12.3. The Kier molecular flexibility index (Phi) is 3.22. The summed E-state index contributed by atoms with van der Waals surface area (Å²) in [6, 6.07) is 2.26. The number of carbonyl (C=O) groups is 1. The number of carbonyl (C=O) groups excluding carboxylic acids is 1. The number of nitrogen functional groups attached to an aromatic ring is 1. The Morgan fingerprint density at radius 1 is 1.53 bits per heavy atom. The number of hydrogen-bond acceptors (Lipinski definition) is 3. The van der Waals surface area contributed by atoms with Crippen LogP contribution in [0.2, 0.25) is 0 Å². The van der Waals surface area contributed by atoms with Crippen LogP contribution in [-0.4, -0.2) is 29.2 Å². The minimum absolute atomic E-state index is 0.0405. The summed E-state index contributed by atoms with van der Waals surface area (Å²) in [6.45, 7) is 2.80. The molecule has 0 aromatic carbocycles. The number of amides is 1. The molecule has 0 spiro atoms. The molecule has 1 aliphatic heterocycles. The predicted molar refractivity (Wildman–Crippen MR) is 73.0 cm³/mol. The number of ether oxygens (including phenoxy) is 1. The number of rotatable bonds is 4. The van der Waals surface area contributed by atoms with Crippen molar-refractivity contribution in [1.29, 1.82) is 0 Å². The van der Waals surface area contributed by atoms with Gasteiger partial charge < -0.3 is 20.4 Å². The van der Waals surface area contributed by atoms with Crippen molar-refractivity contribution < 1.29 is 9.53 Å². The lowest BCUT2D eigenvalue weighted by Gasteiger charge is -2.20. The Hall–Kier alpha value is -1.49. The van der Waals surface area contributed by atoms with Crippen molar-refractivity contribution in [2.24, 2.45) is 0 Å². The summed E-state index contributed by atoms with van der Waals surface area (Å²) in [5.41, 5.74) is 7.14. The predicted octanol–water partition coefficient (Wildman–Crippen LogP) is 1.70. The highest BCUT2D eigenvalue weighted by Crippen LogP contribution is 2.37. The van der Waals surface area contributed by atoms with Gasteiger partial charge in [0.15, 0.2) is 0 Å². The third kappa shape index (κ3) is 2.61. The lowest BCUT2D eigenvalue weighted by molar-refractivity contribution is 0.0707. The first-order valence-corrected chi connectivity index (χ1v) is 7.05. The molecular formula is C14H21N3O2. The number of aromatic nitrogens is 1. The summed E-state index contributed by atoms with van der Waals surface area (Å²) >= 11 is 0. The molecule has 5 heteroatoms. The summed E-state index contributed by atoms with van der Waals surface area (Å²) in [5.74, 6) is -0.0494. The quantitative estimate of drug-likeness (QED) is 0.868. The van der Waals surface area contributed by atoms with Gasteiger partial charge >= 0.3 is 0 Å². The van der Waals surface area contributed by atoms with Crippen LogP contribution in [0.1, 0.15) is 49.1 Å². The van der Waals surface area contributed by atoms with Crippen molar-refractivity contribution in [3.8, 4) is 0 Å². The molecule has 3 rings (SSSR count). The molecule has 2 aliphatic rings. The monoisotopic (exact) mass is 263 g/mol. The molecule has 1 aromatic heterocycles. The molecular weight excluding hydrogens is 242 g/mol. The van der Waals surface area contributed by atoms with Gasteiger partial charge in [0.1, 0.15) is 5.69 Å². The lowest BCUT2D eigenvalue weighted by atomic mass is 10.1. The van der Waals surface area contributed by atoms with Gasteiger partial charge in [-0.2, -0.15) is 0 Å². The number of anilines is 1. The molecule has 1 aromatic rings. The summed E-state index contributed by atoms with van der Waals surface area (Å²) in [7, 11) is 0. The van der Waals surface area contributed by atoms with Crippen LogP contribution in [0, 0.1) is 0 Å². The Bertz CT molecular complexity index is 473. The Balaban J connectivity index is 1.69. The summed E-state index contributed by atoms with van der Waals surface area (Å²) < 4.78 is 7.61. The van der Waals surface area contributed by atoms with E-state index in [1.54, 1.807) is 6.07 Å². The highest BCUT2D eigenvalue weighted by molar-refractivity contribution is 5.94. The standard InChI is InChI=1S/C14H21N3O2/c1-9(13-3-2-6-19-13)16-14(18)12-7-10(15)8-17(12)11-4-5-11/h7-9,11,13H,2-6,15H2,1H3,(H,16,18). The van der Waals surface area contributed by atoms with Crippen LogP contribution in [-0.2, 0) is 4.74 Å². The van der Waals surface area contributed by atoms with Crippen LogP contribution >= 0.6 is 0 Å². The molecule has 1 saturated carbocycles. The van der Waals surface area contributed by atoms with E-state index < -0.39 is 0 Å². The van der Waals surface area contributed by atoms with Crippen LogP contribution in [0.15, 0.2) is 12.3 Å². The number of hydrogen-bond donors (Lipinski definition) is 2. The fourth-order valence-corrected chi connectivity index (χ4v) is 2.71. The lowest BCUT2D eigenvalue weighted by Crippen LogP contribution is -2.41. The van der Waals surface area contributed by atoms with Gasteiger partial charge in [-0.3, -0.25) is 4.79 Å². The van der Waals surface area contributed by atoms with Crippen LogP contribution < -0.4 is 11.1 Å². The summed E-state index contributed by atoms with van der Waals surface area (Å²) in [6.07, 6.45) is 6.38. The van der Waals surface area contributed by atoms with E-state index in [4.69, 9.17) is 10.5 Å². The van der Waals surface area contributed by atoms with Crippen molar-refractivity contribution in [3.63, 3.8) is 0 Å². The van der Waals surface area contributed by atoms with E-state index in [0.29, 0.717) is 17.4 Å². The van der Waals surface area contributed by atoms with Gasteiger partial charge in [-0.25, -0.2) is 0 Å². The number of nitrogens with two attached hydrogens (primary N) is 1. The van der Waals surface area contributed by atoms with E-state index in [1.165, 1.54) is 0 Å². The molecule has 5 nitrogen and oxygen atoms in total. The van der Waals surface area contributed by atoms with Crippen molar-refractivity contribution in [3.05, 3.63) is 18.0 Å².